The predicted octanol–water partition coefficient (Wildman–Crippen LogP) is 3.13. The summed E-state index contributed by atoms with van der Waals surface area (Å²) in [4.78, 5) is 12.4. The van der Waals surface area contributed by atoms with Crippen molar-refractivity contribution in [1.82, 2.24) is 0 Å². The third kappa shape index (κ3) is 3.52. The Morgan fingerprint density at radius 3 is 2.50 bits per heavy atom. The molecule has 1 atom stereocenters. The molecule has 0 amide bonds. The second-order valence-corrected chi connectivity index (χ2v) is 5.56. The van der Waals surface area contributed by atoms with Crippen molar-refractivity contribution >= 4 is 5.97 Å². The third-order valence-corrected chi connectivity index (χ3v) is 3.70. The predicted molar refractivity (Wildman–Crippen MR) is 81.8 cm³/mol. The van der Waals surface area contributed by atoms with Gasteiger partial charge in [-0.25, -0.2) is 4.39 Å². The zero-order chi connectivity index (χ0) is 16.2. The van der Waals surface area contributed by atoms with Gasteiger partial charge in [-0.3, -0.25) is 4.79 Å². The van der Waals surface area contributed by atoms with Crippen molar-refractivity contribution in [3.05, 3.63) is 71.0 Å². The summed E-state index contributed by atoms with van der Waals surface area (Å²) in [5.41, 5.74) is 1.27. The van der Waals surface area contributed by atoms with Gasteiger partial charge in [-0.15, -0.1) is 0 Å². The van der Waals surface area contributed by atoms with E-state index in [1.807, 2.05) is 31.2 Å². The average Bonchev–Trinajstić information content (AvgIpc) is 2.52. The zero-order valence-corrected chi connectivity index (χ0v) is 12.7. The van der Waals surface area contributed by atoms with Crippen LogP contribution in [0.1, 0.15) is 23.6 Å². The SMILES string of the molecule is Cc1cccc(COC(=O)C(C)(CO)c2ccc(F)cc2)c1. The molecule has 1 N–H and O–H groups in total. The summed E-state index contributed by atoms with van der Waals surface area (Å²) >= 11 is 0. The molecule has 22 heavy (non-hydrogen) atoms. The van der Waals surface area contributed by atoms with Gasteiger partial charge in [0.05, 0.1) is 6.61 Å². The molecule has 2 aromatic rings. The van der Waals surface area contributed by atoms with Crippen LogP contribution in [0.25, 0.3) is 0 Å². The van der Waals surface area contributed by atoms with Gasteiger partial charge in [0, 0.05) is 0 Å². The Bertz CT molecular complexity index is 652. The van der Waals surface area contributed by atoms with E-state index in [2.05, 4.69) is 0 Å². The fourth-order valence-electron chi connectivity index (χ4n) is 2.20. The van der Waals surface area contributed by atoms with E-state index in [1.165, 1.54) is 24.3 Å². The lowest BCUT2D eigenvalue weighted by Crippen LogP contribution is -2.38. The zero-order valence-electron chi connectivity index (χ0n) is 12.7. The van der Waals surface area contributed by atoms with E-state index in [0.717, 1.165) is 11.1 Å². The molecule has 116 valence electrons. The topological polar surface area (TPSA) is 46.5 Å². The smallest absolute Gasteiger partial charge is 0.318 e. The van der Waals surface area contributed by atoms with Gasteiger partial charge in [0.15, 0.2) is 0 Å². The normalized spacial score (nSPS) is 13.5. The Morgan fingerprint density at radius 1 is 1.23 bits per heavy atom. The number of aliphatic hydroxyl groups excluding tert-OH is 1. The lowest BCUT2D eigenvalue weighted by molar-refractivity contribution is -0.153. The number of benzene rings is 2. The summed E-state index contributed by atoms with van der Waals surface area (Å²) in [5.74, 6) is -0.930. The number of aliphatic hydroxyl groups is 1. The quantitative estimate of drug-likeness (QED) is 0.863. The van der Waals surface area contributed by atoms with Gasteiger partial charge in [0.1, 0.15) is 17.8 Å². The van der Waals surface area contributed by atoms with Gasteiger partial charge in [0.25, 0.3) is 0 Å². The molecule has 0 bridgehead atoms. The standard InChI is InChI=1S/C18H19FO3/c1-13-4-3-5-14(10-13)11-22-17(21)18(2,12-20)15-6-8-16(19)9-7-15/h3-10,20H,11-12H2,1-2H3. The highest BCUT2D eigenvalue weighted by Gasteiger charge is 2.36. The molecule has 2 rings (SSSR count). The van der Waals surface area contributed by atoms with E-state index in [1.54, 1.807) is 6.92 Å². The lowest BCUT2D eigenvalue weighted by Gasteiger charge is -2.25. The molecule has 2 aromatic carbocycles. The maximum absolute atomic E-state index is 13.0. The minimum atomic E-state index is -1.21. The van der Waals surface area contributed by atoms with Gasteiger partial charge >= 0.3 is 5.97 Å². The Morgan fingerprint density at radius 2 is 1.91 bits per heavy atom. The number of hydrogen-bond acceptors (Lipinski definition) is 3. The number of ether oxygens (including phenoxy) is 1. The first kappa shape index (κ1) is 16.2. The van der Waals surface area contributed by atoms with Crippen molar-refractivity contribution in [3.63, 3.8) is 0 Å². The van der Waals surface area contributed by atoms with Crippen LogP contribution in [0, 0.1) is 12.7 Å². The van der Waals surface area contributed by atoms with Crippen molar-refractivity contribution in [1.29, 1.82) is 0 Å². The molecule has 0 aromatic heterocycles. The number of carbonyl (C=O) groups excluding carboxylic acids is 1. The molecule has 0 radical (unpaired) electrons. The Labute approximate surface area is 129 Å². The van der Waals surface area contributed by atoms with Gasteiger partial charge in [0.2, 0.25) is 0 Å². The van der Waals surface area contributed by atoms with Crippen LogP contribution < -0.4 is 0 Å². The molecule has 0 aliphatic carbocycles. The first-order valence-corrected chi connectivity index (χ1v) is 7.05. The molecule has 0 aliphatic rings. The molecule has 0 heterocycles. The number of aryl methyl sites for hydroxylation is 1. The number of halogens is 1. The van der Waals surface area contributed by atoms with Crippen LogP contribution in [0.2, 0.25) is 0 Å². The van der Waals surface area contributed by atoms with Gasteiger partial charge in [-0.1, -0.05) is 42.0 Å². The van der Waals surface area contributed by atoms with Crippen LogP contribution in [-0.2, 0) is 21.6 Å². The number of rotatable bonds is 5. The first-order chi connectivity index (χ1) is 10.5. The minimum absolute atomic E-state index is 0.136. The van der Waals surface area contributed by atoms with Crippen LogP contribution in [0.4, 0.5) is 4.39 Å². The van der Waals surface area contributed by atoms with E-state index in [0.29, 0.717) is 5.56 Å². The van der Waals surface area contributed by atoms with Gasteiger partial charge in [-0.2, -0.15) is 0 Å². The molecule has 0 spiro atoms. The molecule has 3 nitrogen and oxygen atoms in total. The van der Waals surface area contributed by atoms with Crippen LogP contribution >= 0.6 is 0 Å². The number of esters is 1. The van der Waals surface area contributed by atoms with Crippen molar-refractivity contribution in [2.75, 3.05) is 6.61 Å². The molecule has 1 unspecified atom stereocenters. The van der Waals surface area contributed by atoms with E-state index >= 15 is 0 Å². The highest BCUT2D eigenvalue weighted by atomic mass is 19.1. The summed E-state index contributed by atoms with van der Waals surface area (Å²) in [6, 6.07) is 13.1. The highest BCUT2D eigenvalue weighted by molar-refractivity contribution is 5.83. The van der Waals surface area contributed by atoms with E-state index in [-0.39, 0.29) is 6.61 Å². The molecule has 4 heteroatoms. The van der Waals surface area contributed by atoms with Crippen molar-refractivity contribution in [2.24, 2.45) is 0 Å². The summed E-state index contributed by atoms with van der Waals surface area (Å²) in [6.45, 7) is 3.27. The molecule has 0 fully saturated rings. The largest absolute Gasteiger partial charge is 0.460 e. The first-order valence-electron chi connectivity index (χ1n) is 7.05. The van der Waals surface area contributed by atoms with Crippen LogP contribution in [-0.4, -0.2) is 17.7 Å². The summed E-state index contributed by atoms with van der Waals surface area (Å²) in [6.07, 6.45) is 0. The van der Waals surface area contributed by atoms with Gasteiger partial charge in [-0.05, 0) is 37.1 Å². The maximum atomic E-state index is 13.0. The molecule has 0 aliphatic heterocycles. The van der Waals surface area contributed by atoms with Crippen molar-refractivity contribution in [3.8, 4) is 0 Å². The summed E-state index contributed by atoms with van der Waals surface area (Å²) < 4.78 is 18.3. The molecule has 0 saturated heterocycles. The second kappa shape index (κ2) is 6.71. The van der Waals surface area contributed by atoms with Crippen LogP contribution in [0.5, 0.6) is 0 Å². The van der Waals surface area contributed by atoms with Gasteiger partial charge < -0.3 is 9.84 Å². The number of carbonyl (C=O) groups is 1. The Hall–Kier alpha value is -2.20. The highest BCUT2D eigenvalue weighted by Crippen LogP contribution is 2.26. The third-order valence-electron chi connectivity index (χ3n) is 3.70. The molecule has 0 saturated carbocycles. The fourth-order valence-corrected chi connectivity index (χ4v) is 2.20. The summed E-state index contributed by atoms with van der Waals surface area (Å²) in [7, 11) is 0. The van der Waals surface area contributed by atoms with Crippen LogP contribution in [0.15, 0.2) is 48.5 Å². The van der Waals surface area contributed by atoms with Crippen molar-refractivity contribution in [2.45, 2.75) is 25.9 Å². The monoisotopic (exact) mass is 302 g/mol. The number of hydrogen-bond donors (Lipinski definition) is 1. The maximum Gasteiger partial charge on any atom is 0.318 e. The Balaban J connectivity index is 2.12. The second-order valence-electron chi connectivity index (χ2n) is 5.56. The average molecular weight is 302 g/mol. The minimum Gasteiger partial charge on any atom is -0.460 e. The molecular weight excluding hydrogens is 283 g/mol. The van der Waals surface area contributed by atoms with Crippen LogP contribution in [0.3, 0.4) is 0 Å². The van der Waals surface area contributed by atoms with E-state index in [4.69, 9.17) is 4.74 Å². The summed E-state index contributed by atoms with van der Waals surface area (Å²) in [5, 5.41) is 9.63. The molecular formula is C18H19FO3. The van der Waals surface area contributed by atoms with E-state index < -0.39 is 23.8 Å². The Kier molecular flexibility index (Phi) is 4.93. The fraction of sp³-hybridized carbons (Fsp3) is 0.278. The van der Waals surface area contributed by atoms with Crippen molar-refractivity contribution < 1.29 is 19.0 Å². The lowest BCUT2D eigenvalue weighted by atomic mass is 9.83. The van der Waals surface area contributed by atoms with E-state index in [9.17, 15) is 14.3 Å².